The summed E-state index contributed by atoms with van der Waals surface area (Å²) in [5, 5.41) is 3.54. The van der Waals surface area contributed by atoms with E-state index in [9.17, 15) is 0 Å². The Kier molecular flexibility index (Phi) is 5.28. The summed E-state index contributed by atoms with van der Waals surface area (Å²) in [5.74, 6) is 1.31. The lowest BCUT2D eigenvalue weighted by Gasteiger charge is -2.39. The Hall–Kier alpha value is 0.270. The van der Waals surface area contributed by atoms with Crippen LogP contribution in [-0.4, -0.2) is 48.6 Å². The van der Waals surface area contributed by atoms with Crippen LogP contribution in [-0.2, 0) is 0 Å². The number of rotatable bonds is 5. The smallest absolute Gasteiger partial charge is 0.0252 e. The molecule has 1 N–H and O–H groups in total. The number of piperazine rings is 1. The SMILES string of the molecule is CSCCCCN1CCNC(C)(C)C1. The third kappa shape index (κ3) is 4.67. The van der Waals surface area contributed by atoms with Gasteiger partial charge in [-0.3, -0.25) is 0 Å². The monoisotopic (exact) mass is 216 g/mol. The molecule has 3 heteroatoms. The number of hydrogen-bond acceptors (Lipinski definition) is 3. The molecule has 0 spiro atoms. The molecule has 0 aliphatic carbocycles. The van der Waals surface area contributed by atoms with E-state index in [1.807, 2.05) is 11.8 Å². The highest BCUT2D eigenvalue weighted by Crippen LogP contribution is 2.11. The number of hydrogen-bond donors (Lipinski definition) is 1. The minimum Gasteiger partial charge on any atom is -0.309 e. The number of nitrogens with zero attached hydrogens (tertiary/aromatic N) is 1. The van der Waals surface area contributed by atoms with Crippen molar-refractivity contribution in [1.29, 1.82) is 0 Å². The van der Waals surface area contributed by atoms with Crippen LogP contribution in [0.4, 0.5) is 0 Å². The van der Waals surface area contributed by atoms with E-state index in [0.29, 0.717) is 5.54 Å². The molecule has 14 heavy (non-hydrogen) atoms. The van der Waals surface area contributed by atoms with Crippen LogP contribution in [0.2, 0.25) is 0 Å². The average molecular weight is 216 g/mol. The summed E-state index contributed by atoms with van der Waals surface area (Å²) >= 11 is 1.96. The molecule has 0 amide bonds. The Labute approximate surface area is 92.8 Å². The molecule has 0 saturated carbocycles. The lowest BCUT2D eigenvalue weighted by Crippen LogP contribution is -2.57. The van der Waals surface area contributed by atoms with E-state index in [1.165, 1.54) is 38.2 Å². The van der Waals surface area contributed by atoms with Crippen LogP contribution >= 0.6 is 11.8 Å². The van der Waals surface area contributed by atoms with E-state index < -0.39 is 0 Å². The quantitative estimate of drug-likeness (QED) is 0.706. The fraction of sp³-hybridized carbons (Fsp3) is 1.00. The van der Waals surface area contributed by atoms with Gasteiger partial charge in [0.25, 0.3) is 0 Å². The third-order valence-corrected chi connectivity index (χ3v) is 3.42. The largest absolute Gasteiger partial charge is 0.309 e. The molecule has 0 aromatic heterocycles. The van der Waals surface area contributed by atoms with Gasteiger partial charge in [0.05, 0.1) is 0 Å². The minimum atomic E-state index is 0.317. The minimum absolute atomic E-state index is 0.317. The van der Waals surface area contributed by atoms with Crippen LogP contribution < -0.4 is 5.32 Å². The zero-order valence-corrected chi connectivity index (χ0v) is 10.6. The van der Waals surface area contributed by atoms with E-state index in [-0.39, 0.29) is 0 Å². The van der Waals surface area contributed by atoms with Crippen molar-refractivity contribution in [1.82, 2.24) is 10.2 Å². The zero-order chi connectivity index (χ0) is 10.4. The summed E-state index contributed by atoms with van der Waals surface area (Å²) in [5.41, 5.74) is 0.317. The summed E-state index contributed by atoms with van der Waals surface area (Å²) < 4.78 is 0. The Morgan fingerprint density at radius 2 is 2.14 bits per heavy atom. The third-order valence-electron chi connectivity index (χ3n) is 2.72. The first kappa shape index (κ1) is 12.3. The Balaban J connectivity index is 2.12. The molecule has 2 nitrogen and oxygen atoms in total. The summed E-state index contributed by atoms with van der Waals surface area (Å²) in [6, 6.07) is 0. The molecule has 0 atom stereocenters. The molecular formula is C11H24N2S. The Morgan fingerprint density at radius 1 is 1.36 bits per heavy atom. The maximum atomic E-state index is 3.54. The molecule has 1 heterocycles. The van der Waals surface area contributed by atoms with Crippen molar-refractivity contribution in [3.8, 4) is 0 Å². The van der Waals surface area contributed by atoms with E-state index in [1.54, 1.807) is 0 Å². The normalized spacial score (nSPS) is 22.5. The molecular weight excluding hydrogens is 192 g/mol. The Bertz CT molecular complexity index is 159. The molecule has 0 bridgehead atoms. The van der Waals surface area contributed by atoms with Gasteiger partial charge in [-0.2, -0.15) is 11.8 Å². The van der Waals surface area contributed by atoms with Crippen molar-refractivity contribution >= 4 is 11.8 Å². The molecule has 0 unspecified atom stereocenters. The van der Waals surface area contributed by atoms with Gasteiger partial charge in [-0.25, -0.2) is 0 Å². The summed E-state index contributed by atoms with van der Waals surface area (Å²) in [4.78, 5) is 2.59. The number of nitrogens with one attached hydrogen (secondary N) is 1. The van der Waals surface area contributed by atoms with Crippen LogP contribution in [0.5, 0.6) is 0 Å². The second kappa shape index (κ2) is 5.99. The second-order valence-electron chi connectivity index (χ2n) is 4.79. The summed E-state index contributed by atoms with van der Waals surface area (Å²) in [7, 11) is 0. The van der Waals surface area contributed by atoms with Crippen molar-refractivity contribution in [2.75, 3.05) is 38.2 Å². The standard InChI is InChI=1S/C11H24N2S/c1-11(2)10-13(8-6-12-11)7-4-5-9-14-3/h12H,4-10H2,1-3H3. The molecule has 1 rings (SSSR count). The van der Waals surface area contributed by atoms with Crippen LogP contribution in [0.1, 0.15) is 26.7 Å². The van der Waals surface area contributed by atoms with Crippen molar-refractivity contribution in [2.24, 2.45) is 0 Å². The lowest BCUT2D eigenvalue weighted by molar-refractivity contribution is 0.153. The maximum Gasteiger partial charge on any atom is 0.0252 e. The highest BCUT2D eigenvalue weighted by molar-refractivity contribution is 7.98. The molecule has 1 aliphatic rings. The van der Waals surface area contributed by atoms with E-state index in [4.69, 9.17) is 0 Å². The summed E-state index contributed by atoms with van der Waals surface area (Å²) in [6.45, 7) is 9.44. The molecule has 0 radical (unpaired) electrons. The molecule has 1 fully saturated rings. The first-order chi connectivity index (χ1) is 6.64. The first-order valence-electron chi connectivity index (χ1n) is 5.60. The molecule has 1 saturated heterocycles. The van der Waals surface area contributed by atoms with Gasteiger partial charge in [0.2, 0.25) is 0 Å². The van der Waals surface area contributed by atoms with Crippen molar-refractivity contribution in [3.63, 3.8) is 0 Å². The predicted octanol–water partition coefficient (Wildman–Crippen LogP) is 1.81. The van der Waals surface area contributed by atoms with Gasteiger partial charge < -0.3 is 10.2 Å². The van der Waals surface area contributed by atoms with Gasteiger partial charge in [-0.1, -0.05) is 0 Å². The average Bonchev–Trinajstić information content (AvgIpc) is 2.11. The van der Waals surface area contributed by atoms with Gasteiger partial charge in [0.15, 0.2) is 0 Å². The van der Waals surface area contributed by atoms with E-state index in [2.05, 4.69) is 30.3 Å². The van der Waals surface area contributed by atoms with Gasteiger partial charge in [0, 0.05) is 25.2 Å². The maximum absolute atomic E-state index is 3.54. The van der Waals surface area contributed by atoms with Crippen LogP contribution in [0.3, 0.4) is 0 Å². The fourth-order valence-corrected chi connectivity index (χ4v) is 2.51. The topological polar surface area (TPSA) is 15.3 Å². The van der Waals surface area contributed by atoms with E-state index >= 15 is 0 Å². The highest BCUT2D eigenvalue weighted by Gasteiger charge is 2.24. The van der Waals surface area contributed by atoms with Gasteiger partial charge in [-0.15, -0.1) is 0 Å². The molecule has 84 valence electrons. The highest BCUT2D eigenvalue weighted by atomic mass is 32.2. The number of unbranched alkanes of at least 4 members (excludes halogenated alkanes) is 1. The zero-order valence-electron chi connectivity index (χ0n) is 9.81. The molecule has 1 aliphatic heterocycles. The predicted molar refractivity (Wildman–Crippen MR) is 66.1 cm³/mol. The fourth-order valence-electron chi connectivity index (χ4n) is 2.02. The van der Waals surface area contributed by atoms with Crippen LogP contribution in [0, 0.1) is 0 Å². The van der Waals surface area contributed by atoms with Crippen molar-refractivity contribution < 1.29 is 0 Å². The van der Waals surface area contributed by atoms with Gasteiger partial charge >= 0.3 is 0 Å². The lowest BCUT2D eigenvalue weighted by atomic mass is 10.0. The molecule has 0 aromatic rings. The number of thioether (sulfide) groups is 1. The van der Waals surface area contributed by atoms with Gasteiger partial charge in [-0.05, 0) is 45.2 Å². The van der Waals surface area contributed by atoms with Crippen LogP contribution in [0.15, 0.2) is 0 Å². The van der Waals surface area contributed by atoms with Crippen molar-refractivity contribution in [3.05, 3.63) is 0 Å². The Morgan fingerprint density at radius 3 is 2.79 bits per heavy atom. The first-order valence-corrected chi connectivity index (χ1v) is 7.00. The summed E-state index contributed by atoms with van der Waals surface area (Å²) in [6.07, 6.45) is 4.91. The van der Waals surface area contributed by atoms with E-state index in [0.717, 1.165) is 6.54 Å². The molecule has 0 aromatic carbocycles. The van der Waals surface area contributed by atoms with Crippen molar-refractivity contribution in [2.45, 2.75) is 32.2 Å². The second-order valence-corrected chi connectivity index (χ2v) is 5.77. The van der Waals surface area contributed by atoms with Crippen LogP contribution in [0.25, 0.3) is 0 Å². The van der Waals surface area contributed by atoms with Gasteiger partial charge in [0.1, 0.15) is 0 Å².